The summed E-state index contributed by atoms with van der Waals surface area (Å²) in [6.07, 6.45) is 13.3. The number of aromatic nitrogens is 2. The van der Waals surface area contributed by atoms with Gasteiger partial charge in [0.1, 0.15) is 6.61 Å². The van der Waals surface area contributed by atoms with E-state index in [1.54, 1.807) is 0 Å². The lowest BCUT2D eigenvalue weighted by molar-refractivity contribution is 0.237. The van der Waals surface area contributed by atoms with Crippen molar-refractivity contribution in [1.29, 1.82) is 0 Å². The summed E-state index contributed by atoms with van der Waals surface area (Å²) < 4.78 is 7.93. The number of hydrogen-bond donors (Lipinski definition) is 0. The quantitative estimate of drug-likeness (QED) is 0.818. The molecule has 1 aromatic rings. The molecule has 1 aliphatic carbocycles. The van der Waals surface area contributed by atoms with E-state index in [0.717, 1.165) is 18.9 Å². The highest BCUT2D eigenvalue weighted by Crippen LogP contribution is 2.28. The molecule has 1 aromatic heterocycles. The van der Waals surface area contributed by atoms with Crippen LogP contribution in [-0.4, -0.2) is 40.9 Å². The molecule has 1 saturated carbocycles. The molecule has 0 amide bonds. The third kappa shape index (κ3) is 3.50. The van der Waals surface area contributed by atoms with Crippen LogP contribution in [0.4, 0.5) is 0 Å². The summed E-state index contributed by atoms with van der Waals surface area (Å²) in [5, 5.41) is 4.47. The first-order chi connectivity index (χ1) is 9.42. The van der Waals surface area contributed by atoms with Gasteiger partial charge in [-0.15, -0.1) is 0 Å². The van der Waals surface area contributed by atoms with Crippen molar-refractivity contribution < 1.29 is 4.74 Å². The van der Waals surface area contributed by atoms with Gasteiger partial charge < -0.3 is 4.74 Å². The Balaban J connectivity index is 1.44. The summed E-state index contributed by atoms with van der Waals surface area (Å²) in [6, 6.07) is 0.602. The van der Waals surface area contributed by atoms with E-state index in [0.29, 0.717) is 6.04 Å². The highest BCUT2D eigenvalue weighted by atomic mass is 16.5. The largest absolute Gasteiger partial charge is 0.489 e. The third-order valence-corrected chi connectivity index (χ3v) is 4.40. The van der Waals surface area contributed by atoms with Gasteiger partial charge in [0.25, 0.3) is 0 Å². The molecule has 0 radical (unpaired) electrons. The fourth-order valence-corrected chi connectivity index (χ4v) is 3.24. The van der Waals surface area contributed by atoms with Gasteiger partial charge in [0.2, 0.25) is 0 Å². The second kappa shape index (κ2) is 6.42. The molecule has 0 bridgehead atoms. The van der Waals surface area contributed by atoms with E-state index in [1.165, 1.54) is 58.0 Å². The lowest BCUT2D eigenvalue weighted by Crippen LogP contribution is -2.24. The minimum absolute atomic E-state index is 0.602. The van der Waals surface area contributed by atoms with Crippen molar-refractivity contribution in [2.45, 2.75) is 51.0 Å². The average Bonchev–Trinajstić information content (AvgIpc) is 3.11. The van der Waals surface area contributed by atoms with Gasteiger partial charge in [-0.25, -0.2) is 0 Å². The maximum absolute atomic E-state index is 5.81. The van der Waals surface area contributed by atoms with Crippen LogP contribution in [-0.2, 0) is 0 Å². The van der Waals surface area contributed by atoms with Crippen LogP contribution >= 0.6 is 0 Å². The van der Waals surface area contributed by atoms with Gasteiger partial charge in [0, 0.05) is 6.54 Å². The number of rotatable bonds is 5. The van der Waals surface area contributed by atoms with E-state index in [4.69, 9.17) is 4.74 Å². The highest BCUT2D eigenvalue weighted by molar-refractivity contribution is 5.12. The zero-order chi connectivity index (χ0) is 12.9. The Labute approximate surface area is 115 Å². The second-order valence-corrected chi connectivity index (χ2v) is 5.85. The normalized spacial score (nSPS) is 21.9. The van der Waals surface area contributed by atoms with E-state index in [9.17, 15) is 0 Å². The SMILES string of the molecule is c1nn(C2CCCCC2)cc1OCCN1CCCC1. The molecule has 0 unspecified atom stereocenters. The minimum Gasteiger partial charge on any atom is -0.489 e. The van der Waals surface area contributed by atoms with Gasteiger partial charge in [0.15, 0.2) is 5.75 Å². The number of ether oxygens (including phenoxy) is 1. The van der Waals surface area contributed by atoms with E-state index in [-0.39, 0.29) is 0 Å². The molecule has 2 heterocycles. The Kier molecular flexibility index (Phi) is 4.38. The first-order valence-corrected chi connectivity index (χ1v) is 7.81. The van der Waals surface area contributed by atoms with Crippen LogP contribution in [0.5, 0.6) is 5.75 Å². The summed E-state index contributed by atoms with van der Waals surface area (Å²) in [6.45, 7) is 4.32. The van der Waals surface area contributed by atoms with Crippen LogP contribution in [0.15, 0.2) is 12.4 Å². The summed E-state index contributed by atoms with van der Waals surface area (Å²) in [7, 11) is 0. The molecule has 2 fully saturated rings. The van der Waals surface area contributed by atoms with E-state index < -0.39 is 0 Å². The summed E-state index contributed by atoms with van der Waals surface area (Å²) in [5.74, 6) is 0.935. The van der Waals surface area contributed by atoms with Gasteiger partial charge in [-0.3, -0.25) is 9.58 Å². The van der Waals surface area contributed by atoms with Gasteiger partial charge in [-0.05, 0) is 38.8 Å². The first-order valence-electron chi connectivity index (χ1n) is 7.81. The summed E-state index contributed by atoms with van der Waals surface area (Å²) in [4.78, 5) is 2.48. The van der Waals surface area contributed by atoms with Crippen molar-refractivity contribution in [3.8, 4) is 5.75 Å². The van der Waals surface area contributed by atoms with Crippen LogP contribution in [0.3, 0.4) is 0 Å². The molecule has 106 valence electrons. The van der Waals surface area contributed by atoms with Crippen molar-refractivity contribution in [2.75, 3.05) is 26.2 Å². The number of likely N-dealkylation sites (tertiary alicyclic amines) is 1. The molecule has 4 heteroatoms. The lowest BCUT2D eigenvalue weighted by Gasteiger charge is -2.21. The van der Waals surface area contributed by atoms with E-state index >= 15 is 0 Å². The molecule has 19 heavy (non-hydrogen) atoms. The minimum atomic E-state index is 0.602. The molecule has 4 nitrogen and oxygen atoms in total. The van der Waals surface area contributed by atoms with Crippen molar-refractivity contribution in [2.24, 2.45) is 0 Å². The van der Waals surface area contributed by atoms with Crippen molar-refractivity contribution in [1.82, 2.24) is 14.7 Å². The third-order valence-electron chi connectivity index (χ3n) is 4.40. The van der Waals surface area contributed by atoms with E-state index in [2.05, 4.69) is 20.9 Å². The van der Waals surface area contributed by atoms with Crippen LogP contribution < -0.4 is 4.74 Å². The highest BCUT2D eigenvalue weighted by Gasteiger charge is 2.16. The van der Waals surface area contributed by atoms with Crippen LogP contribution in [0.25, 0.3) is 0 Å². The average molecular weight is 263 g/mol. The zero-order valence-corrected chi connectivity index (χ0v) is 11.8. The maximum Gasteiger partial charge on any atom is 0.157 e. The Morgan fingerprint density at radius 2 is 1.89 bits per heavy atom. The molecule has 0 N–H and O–H groups in total. The fourth-order valence-electron chi connectivity index (χ4n) is 3.24. The van der Waals surface area contributed by atoms with Gasteiger partial charge in [-0.1, -0.05) is 19.3 Å². The van der Waals surface area contributed by atoms with Gasteiger partial charge >= 0.3 is 0 Å². The maximum atomic E-state index is 5.81. The Morgan fingerprint density at radius 1 is 1.11 bits per heavy atom. The topological polar surface area (TPSA) is 30.3 Å². The predicted molar refractivity (Wildman–Crippen MR) is 75.5 cm³/mol. The van der Waals surface area contributed by atoms with Gasteiger partial charge in [0.05, 0.1) is 18.4 Å². The Bertz CT molecular complexity index is 378. The lowest BCUT2D eigenvalue weighted by atomic mass is 9.96. The van der Waals surface area contributed by atoms with Crippen LogP contribution in [0, 0.1) is 0 Å². The fraction of sp³-hybridized carbons (Fsp3) is 0.800. The zero-order valence-electron chi connectivity index (χ0n) is 11.8. The molecule has 1 saturated heterocycles. The number of hydrogen-bond acceptors (Lipinski definition) is 3. The number of nitrogens with zero attached hydrogens (tertiary/aromatic N) is 3. The van der Waals surface area contributed by atoms with Crippen molar-refractivity contribution >= 4 is 0 Å². The van der Waals surface area contributed by atoms with Crippen molar-refractivity contribution in [3.63, 3.8) is 0 Å². The monoisotopic (exact) mass is 263 g/mol. The first kappa shape index (κ1) is 13.0. The van der Waals surface area contributed by atoms with E-state index in [1.807, 2.05) is 6.20 Å². The molecular formula is C15H25N3O. The molecule has 2 aliphatic rings. The van der Waals surface area contributed by atoms with Crippen LogP contribution in [0.1, 0.15) is 51.0 Å². The van der Waals surface area contributed by atoms with Crippen molar-refractivity contribution in [3.05, 3.63) is 12.4 Å². The molecule has 3 rings (SSSR count). The Hall–Kier alpha value is -1.03. The second-order valence-electron chi connectivity index (χ2n) is 5.85. The molecule has 0 aromatic carbocycles. The Morgan fingerprint density at radius 3 is 2.68 bits per heavy atom. The molecule has 0 atom stereocenters. The summed E-state index contributed by atoms with van der Waals surface area (Å²) >= 11 is 0. The molecule has 0 spiro atoms. The standard InChI is InChI=1S/C15H25N3O/c1-2-6-14(7-3-1)18-13-15(12-16-18)19-11-10-17-8-4-5-9-17/h12-14H,1-11H2. The summed E-state index contributed by atoms with van der Waals surface area (Å²) in [5.41, 5.74) is 0. The molecule has 1 aliphatic heterocycles. The predicted octanol–water partition coefficient (Wildman–Crippen LogP) is 2.86. The van der Waals surface area contributed by atoms with Crippen LogP contribution in [0.2, 0.25) is 0 Å². The van der Waals surface area contributed by atoms with Gasteiger partial charge in [-0.2, -0.15) is 5.10 Å². The molecular weight excluding hydrogens is 238 g/mol. The smallest absolute Gasteiger partial charge is 0.157 e.